The molecule has 142 valence electrons. The van der Waals surface area contributed by atoms with Gasteiger partial charge in [-0.1, -0.05) is 24.3 Å². The summed E-state index contributed by atoms with van der Waals surface area (Å²) < 4.78 is 33.1. The molecule has 1 aromatic heterocycles. The zero-order chi connectivity index (χ0) is 18.4. The Kier molecular flexibility index (Phi) is 6.62. The van der Waals surface area contributed by atoms with Gasteiger partial charge in [-0.15, -0.1) is 11.3 Å². The fourth-order valence-corrected chi connectivity index (χ4v) is 4.05. The molecule has 1 unspecified atom stereocenters. The lowest BCUT2D eigenvalue weighted by Gasteiger charge is -2.21. The van der Waals surface area contributed by atoms with Crippen molar-refractivity contribution < 1.29 is 13.5 Å². The smallest absolute Gasteiger partial charge is 0.261 e. The number of benzene rings is 1. The van der Waals surface area contributed by atoms with E-state index in [2.05, 4.69) is 16.8 Å². The number of nitrogens with zero attached hydrogens (tertiary/aromatic N) is 1. The highest BCUT2D eigenvalue weighted by Gasteiger charge is 2.37. The molecule has 0 radical (unpaired) electrons. The molecule has 0 saturated carbocycles. The highest BCUT2D eigenvalue weighted by molar-refractivity contribution is 7.10. The Morgan fingerprint density at radius 2 is 2.12 bits per heavy atom. The number of rotatable bonds is 9. The summed E-state index contributed by atoms with van der Waals surface area (Å²) in [7, 11) is 1.94. The van der Waals surface area contributed by atoms with Crippen molar-refractivity contribution in [3.05, 3.63) is 52.2 Å². The van der Waals surface area contributed by atoms with Gasteiger partial charge >= 0.3 is 0 Å². The summed E-state index contributed by atoms with van der Waals surface area (Å²) in [4.78, 5) is 3.04. The molecular weight excluding hydrogens is 354 g/mol. The second-order valence-electron chi connectivity index (χ2n) is 6.75. The average Bonchev–Trinajstić information content (AvgIpc) is 3.27. The summed E-state index contributed by atoms with van der Waals surface area (Å²) in [6.45, 7) is 1.84. The third kappa shape index (κ3) is 5.25. The van der Waals surface area contributed by atoms with Crippen molar-refractivity contribution in [1.29, 1.82) is 0 Å². The molecule has 1 atom stereocenters. The van der Waals surface area contributed by atoms with Crippen LogP contribution in [-0.2, 0) is 6.42 Å². The summed E-state index contributed by atoms with van der Waals surface area (Å²) in [5.41, 5.74) is 1.08. The van der Waals surface area contributed by atoms with Crippen LogP contribution in [0.5, 0.6) is 5.75 Å². The Hall–Kier alpha value is -1.50. The summed E-state index contributed by atoms with van der Waals surface area (Å²) >= 11 is 1.70. The monoisotopic (exact) mass is 380 g/mol. The van der Waals surface area contributed by atoms with Crippen LogP contribution in [0.1, 0.15) is 29.4 Å². The minimum absolute atomic E-state index is 0.000259. The summed E-state index contributed by atoms with van der Waals surface area (Å²) in [6, 6.07) is 12.1. The van der Waals surface area contributed by atoms with Gasteiger partial charge in [0.05, 0.1) is 6.54 Å². The van der Waals surface area contributed by atoms with E-state index >= 15 is 0 Å². The van der Waals surface area contributed by atoms with Crippen molar-refractivity contribution in [1.82, 2.24) is 10.2 Å². The van der Waals surface area contributed by atoms with Gasteiger partial charge in [-0.05, 0) is 43.1 Å². The van der Waals surface area contributed by atoms with Gasteiger partial charge in [0.25, 0.3) is 5.92 Å². The quantitative estimate of drug-likeness (QED) is 0.699. The van der Waals surface area contributed by atoms with Gasteiger partial charge in [0.15, 0.2) is 0 Å². The SMILES string of the molecule is CNCCC(Oc1ccccc1CCN1CCC(F)(F)C1)c1cccs1. The number of nitrogens with one attached hydrogen (secondary N) is 1. The molecule has 3 nitrogen and oxygen atoms in total. The van der Waals surface area contributed by atoms with Gasteiger partial charge in [0, 0.05) is 30.8 Å². The Bertz CT molecular complexity index is 678. The topological polar surface area (TPSA) is 24.5 Å². The fourth-order valence-electron chi connectivity index (χ4n) is 3.26. The molecular formula is C20H26F2N2OS. The molecule has 3 rings (SSSR count). The number of likely N-dealkylation sites (tertiary alicyclic amines) is 1. The predicted octanol–water partition coefficient (Wildman–Crippen LogP) is 4.36. The molecule has 1 N–H and O–H groups in total. The molecule has 1 aliphatic heterocycles. The molecule has 2 heterocycles. The number of ether oxygens (including phenoxy) is 1. The fraction of sp³-hybridized carbons (Fsp3) is 0.500. The normalized spacial score (nSPS) is 18.1. The van der Waals surface area contributed by atoms with Crippen LogP contribution in [-0.4, -0.2) is 44.0 Å². The minimum atomic E-state index is -2.53. The van der Waals surface area contributed by atoms with E-state index in [0.29, 0.717) is 13.1 Å². The van der Waals surface area contributed by atoms with E-state index < -0.39 is 5.92 Å². The third-order valence-electron chi connectivity index (χ3n) is 4.70. The second-order valence-corrected chi connectivity index (χ2v) is 7.73. The zero-order valence-corrected chi connectivity index (χ0v) is 15.9. The lowest BCUT2D eigenvalue weighted by Crippen LogP contribution is -2.27. The molecule has 1 fully saturated rings. The second kappa shape index (κ2) is 8.93. The van der Waals surface area contributed by atoms with Gasteiger partial charge in [-0.25, -0.2) is 8.78 Å². The van der Waals surface area contributed by atoms with Crippen LogP contribution in [0.2, 0.25) is 0 Å². The Labute approximate surface area is 158 Å². The summed E-state index contributed by atoms with van der Waals surface area (Å²) in [6.07, 6.45) is 1.56. The van der Waals surface area contributed by atoms with Crippen LogP contribution in [0.3, 0.4) is 0 Å². The average molecular weight is 381 g/mol. The first-order valence-corrected chi connectivity index (χ1v) is 9.98. The van der Waals surface area contributed by atoms with Crippen LogP contribution in [0.4, 0.5) is 8.78 Å². The van der Waals surface area contributed by atoms with Gasteiger partial charge in [0.2, 0.25) is 0 Å². The first-order chi connectivity index (χ1) is 12.6. The van der Waals surface area contributed by atoms with Crippen LogP contribution in [0.15, 0.2) is 41.8 Å². The van der Waals surface area contributed by atoms with E-state index in [4.69, 9.17) is 4.74 Å². The van der Waals surface area contributed by atoms with Crippen molar-refractivity contribution in [2.75, 3.05) is 33.2 Å². The minimum Gasteiger partial charge on any atom is -0.485 e. The largest absolute Gasteiger partial charge is 0.485 e. The summed E-state index contributed by atoms with van der Waals surface area (Å²) in [5, 5.41) is 5.24. The first-order valence-electron chi connectivity index (χ1n) is 9.10. The molecule has 0 bridgehead atoms. The number of thiophene rings is 1. The number of hydrogen-bond donors (Lipinski definition) is 1. The Morgan fingerprint density at radius 1 is 1.27 bits per heavy atom. The van der Waals surface area contributed by atoms with E-state index in [1.165, 1.54) is 4.88 Å². The van der Waals surface area contributed by atoms with E-state index in [1.807, 2.05) is 42.3 Å². The maximum Gasteiger partial charge on any atom is 0.261 e. The first kappa shape index (κ1) is 19.3. The standard InChI is InChI=1S/C20H26F2N2OS/c1-23-11-8-18(19-7-4-14-26-19)25-17-6-3-2-5-16(17)9-12-24-13-10-20(21,22)15-24/h2-7,14,18,23H,8-13,15H2,1H3. The van der Waals surface area contributed by atoms with Gasteiger partial charge in [0.1, 0.15) is 11.9 Å². The van der Waals surface area contributed by atoms with Crippen LogP contribution < -0.4 is 10.1 Å². The summed E-state index contributed by atoms with van der Waals surface area (Å²) in [5.74, 6) is -1.68. The maximum atomic E-state index is 13.4. The van der Waals surface area contributed by atoms with Crippen molar-refractivity contribution in [3.63, 3.8) is 0 Å². The van der Waals surface area contributed by atoms with Crippen LogP contribution in [0.25, 0.3) is 0 Å². The highest BCUT2D eigenvalue weighted by Crippen LogP contribution is 2.31. The molecule has 1 aliphatic rings. The third-order valence-corrected chi connectivity index (χ3v) is 5.67. The number of hydrogen-bond acceptors (Lipinski definition) is 4. The zero-order valence-electron chi connectivity index (χ0n) is 15.1. The molecule has 0 spiro atoms. The molecule has 0 amide bonds. The van der Waals surface area contributed by atoms with Crippen molar-refractivity contribution in [2.24, 2.45) is 0 Å². The van der Waals surface area contributed by atoms with Crippen molar-refractivity contribution in [2.45, 2.75) is 31.3 Å². The van der Waals surface area contributed by atoms with Crippen molar-refractivity contribution >= 4 is 11.3 Å². The lowest BCUT2D eigenvalue weighted by atomic mass is 10.1. The van der Waals surface area contributed by atoms with E-state index in [-0.39, 0.29) is 19.1 Å². The molecule has 0 aliphatic carbocycles. The van der Waals surface area contributed by atoms with Crippen molar-refractivity contribution in [3.8, 4) is 5.75 Å². The molecule has 1 aromatic carbocycles. The van der Waals surface area contributed by atoms with E-state index in [1.54, 1.807) is 11.3 Å². The number of alkyl halides is 2. The van der Waals surface area contributed by atoms with E-state index in [0.717, 1.165) is 30.7 Å². The van der Waals surface area contributed by atoms with Gasteiger partial charge in [-0.3, -0.25) is 4.90 Å². The lowest BCUT2D eigenvalue weighted by molar-refractivity contribution is 0.0123. The van der Waals surface area contributed by atoms with Crippen LogP contribution >= 0.6 is 11.3 Å². The van der Waals surface area contributed by atoms with Crippen LogP contribution in [0, 0.1) is 0 Å². The molecule has 26 heavy (non-hydrogen) atoms. The number of para-hydroxylation sites is 1. The Balaban J connectivity index is 1.65. The predicted molar refractivity (Wildman–Crippen MR) is 102 cm³/mol. The van der Waals surface area contributed by atoms with Gasteiger partial charge < -0.3 is 10.1 Å². The molecule has 6 heteroatoms. The maximum absolute atomic E-state index is 13.4. The van der Waals surface area contributed by atoms with E-state index in [9.17, 15) is 8.78 Å². The molecule has 2 aromatic rings. The molecule has 1 saturated heterocycles. The van der Waals surface area contributed by atoms with Gasteiger partial charge in [-0.2, -0.15) is 0 Å². The highest BCUT2D eigenvalue weighted by atomic mass is 32.1. The number of halogens is 2. The Morgan fingerprint density at radius 3 is 2.81 bits per heavy atom.